The van der Waals surface area contributed by atoms with Gasteiger partial charge in [0.25, 0.3) is 0 Å². The lowest BCUT2D eigenvalue weighted by Gasteiger charge is -2.38. The van der Waals surface area contributed by atoms with Crippen LogP contribution in [-0.2, 0) is 22.7 Å². The van der Waals surface area contributed by atoms with Crippen molar-refractivity contribution < 1.29 is 35.1 Å². The van der Waals surface area contributed by atoms with Crippen LogP contribution in [0.25, 0.3) is 0 Å². The van der Waals surface area contributed by atoms with Gasteiger partial charge in [0.05, 0.1) is 0 Å². The summed E-state index contributed by atoms with van der Waals surface area (Å²) in [4.78, 5) is 0. The van der Waals surface area contributed by atoms with E-state index in [0.29, 0.717) is 37.1 Å². The zero-order valence-electron chi connectivity index (χ0n) is 26.1. The van der Waals surface area contributed by atoms with E-state index in [2.05, 4.69) is 0 Å². The minimum Gasteiger partial charge on any atom is -0.398 e. The number of rotatable bonds is 9. The van der Waals surface area contributed by atoms with Crippen molar-refractivity contribution in [1.29, 1.82) is 0 Å². The summed E-state index contributed by atoms with van der Waals surface area (Å²) in [7, 11) is 0. The second-order valence-corrected chi connectivity index (χ2v) is 13.5. The van der Waals surface area contributed by atoms with Gasteiger partial charge < -0.3 is 11.5 Å². The molecule has 2 nitrogen and oxygen atoms in total. The number of halogens is 8. The fourth-order valence-electron chi connectivity index (χ4n) is 4.97. The zero-order chi connectivity index (χ0) is 33.0. The summed E-state index contributed by atoms with van der Waals surface area (Å²) in [6, 6.07) is 2.49. The Bertz CT molecular complexity index is 1190. The van der Waals surface area contributed by atoms with E-state index in [4.69, 9.17) is 11.5 Å². The van der Waals surface area contributed by atoms with Gasteiger partial charge in [0.15, 0.2) is 0 Å². The highest BCUT2D eigenvalue weighted by molar-refractivity contribution is 5.61. The third-order valence-corrected chi connectivity index (χ3v) is 8.23. The maximum atomic E-state index is 15.7. The van der Waals surface area contributed by atoms with Gasteiger partial charge in [-0.25, -0.2) is 0 Å². The van der Waals surface area contributed by atoms with Crippen molar-refractivity contribution in [2.45, 2.75) is 128 Å². The Morgan fingerprint density at radius 3 is 1.02 bits per heavy atom. The van der Waals surface area contributed by atoms with Gasteiger partial charge in [0.1, 0.15) is 0 Å². The summed E-state index contributed by atoms with van der Waals surface area (Å²) in [5.41, 5.74) is 7.76. The highest BCUT2D eigenvalue weighted by Crippen LogP contribution is 2.60. The molecule has 2 atom stereocenters. The maximum absolute atomic E-state index is 15.7. The molecule has 0 saturated heterocycles. The van der Waals surface area contributed by atoms with E-state index in [1.54, 1.807) is 69.2 Å². The second kappa shape index (κ2) is 11.2. The van der Waals surface area contributed by atoms with Crippen molar-refractivity contribution in [3.63, 3.8) is 0 Å². The topological polar surface area (TPSA) is 52.0 Å². The van der Waals surface area contributed by atoms with Crippen molar-refractivity contribution in [3.05, 3.63) is 57.6 Å². The van der Waals surface area contributed by atoms with Crippen LogP contribution in [0.1, 0.15) is 127 Å². The van der Waals surface area contributed by atoms with Crippen molar-refractivity contribution in [3.8, 4) is 0 Å². The largest absolute Gasteiger partial charge is 0.398 e. The van der Waals surface area contributed by atoms with Crippen LogP contribution in [0.4, 0.5) is 46.5 Å². The van der Waals surface area contributed by atoms with Gasteiger partial charge in [-0.05, 0) is 82.0 Å². The van der Waals surface area contributed by atoms with Crippen LogP contribution in [0.2, 0.25) is 0 Å². The molecule has 0 aliphatic carbocycles. The first-order chi connectivity index (χ1) is 18.7. The summed E-state index contributed by atoms with van der Waals surface area (Å²) in [5, 5.41) is 0. The molecule has 0 fully saturated rings. The van der Waals surface area contributed by atoms with E-state index in [1.807, 2.05) is 0 Å². The van der Waals surface area contributed by atoms with Gasteiger partial charge >= 0.3 is 23.7 Å². The standard InChI is InChI=1S/C32H44F8N2/c1-11-17(3)21-13-19(15-23(25(21)41)27(5,6)7)29(33,34)31(37,38)32(39,40)30(35,36)20-14-22(18(4)12-2)26(42)24(16-20)28(8,9)10/h13-18H,11-12,41-42H2,1-10H3. The molecule has 2 unspecified atom stereocenters. The third-order valence-electron chi connectivity index (χ3n) is 8.23. The van der Waals surface area contributed by atoms with Gasteiger partial charge in [0, 0.05) is 22.5 Å². The Kier molecular flexibility index (Phi) is 9.51. The van der Waals surface area contributed by atoms with Crippen LogP contribution in [0.3, 0.4) is 0 Å². The van der Waals surface area contributed by atoms with Crippen LogP contribution in [0.5, 0.6) is 0 Å². The van der Waals surface area contributed by atoms with Crippen molar-refractivity contribution >= 4 is 11.4 Å². The minimum atomic E-state index is -6.51. The molecule has 0 heterocycles. The maximum Gasteiger partial charge on any atom is 0.382 e. The van der Waals surface area contributed by atoms with Crippen LogP contribution >= 0.6 is 0 Å². The Labute approximate surface area is 244 Å². The quantitative estimate of drug-likeness (QED) is 0.220. The molecule has 0 spiro atoms. The van der Waals surface area contributed by atoms with E-state index >= 15 is 35.1 Å². The van der Waals surface area contributed by atoms with Crippen LogP contribution in [0.15, 0.2) is 24.3 Å². The molecule has 10 heteroatoms. The number of anilines is 2. The molecule has 0 amide bonds. The van der Waals surface area contributed by atoms with Gasteiger partial charge in [0.2, 0.25) is 0 Å². The fraction of sp³-hybridized carbons (Fsp3) is 0.625. The van der Waals surface area contributed by atoms with Crippen molar-refractivity contribution in [2.75, 3.05) is 11.5 Å². The molecule has 4 N–H and O–H groups in total. The average Bonchev–Trinajstić information content (AvgIpc) is 2.85. The lowest BCUT2D eigenvalue weighted by atomic mass is 9.78. The predicted molar refractivity (Wildman–Crippen MR) is 154 cm³/mol. The lowest BCUT2D eigenvalue weighted by molar-refractivity contribution is -0.374. The summed E-state index contributed by atoms with van der Waals surface area (Å²) in [6.07, 6.45) is 0.748. The molecular weight excluding hydrogens is 564 g/mol. The number of benzene rings is 2. The second-order valence-electron chi connectivity index (χ2n) is 13.5. The molecule has 2 rings (SSSR count). The van der Waals surface area contributed by atoms with E-state index in [9.17, 15) is 0 Å². The Balaban J connectivity index is 2.88. The van der Waals surface area contributed by atoms with Crippen LogP contribution in [-0.4, -0.2) is 11.8 Å². The molecule has 238 valence electrons. The Hall–Kier alpha value is -2.52. The summed E-state index contributed by atoms with van der Waals surface area (Å²) >= 11 is 0. The summed E-state index contributed by atoms with van der Waals surface area (Å²) in [5.74, 6) is -25.4. The summed E-state index contributed by atoms with van der Waals surface area (Å²) in [6.45, 7) is 16.2. The van der Waals surface area contributed by atoms with E-state index < -0.39 is 57.5 Å². The van der Waals surface area contributed by atoms with E-state index in [0.717, 1.165) is 0 Å². The number of alkyl halides is 8. The highest BCUT2D eigenvalue weighted by atomic mass is 19.4. The van der Waals surface area contributed by atoms with Crippen molar-refractivity contribution in [1.82, 2.24) is 0 Å². The van der Waals surface area contributed by atoms with Gasteiger partial charge in [-0.3, -0.25) is 0 Å². The first-order valence-electron chi connectivity index (χ1n) is 14.1. The number of hydrogen-bond acceptors (Lipinski definition) is 2. The van der Waals surface area contributed by atoms with Gasteiger partial charge in [-0.2, -0.15) is 35.1 Å². The van der Waals surface area contributed by atoms with E-state index in [1.165, 1.54) is 0 Å². The average molecular weight is 609 g/mol. The molecule has 0 aliphatic rings. The first-order valence-corrected chi connectivity index (χ1v) is 14.1. The van der Waals surface area contributed by atoms with Gasteiger partial charge in [-0.1, -0.05) is 69.2 Å². The molecule has 0 aromatic heterocycles. The monoisotopic (exact) mass is 608 g/mol. The normalized spacial score (nSPS) is 15.6. The van der Waals surface area contributed by atoms with E-state index in [-0.39, 0.29) is 33.6 Å². The first kappa shape index (κ1) is 35.7. The van der Waals surface area contributed by atoms with Crippen LogP contribution < -0.4 is 11.5 Å². The van der Waals surface area contributed by atoms with Gasteiger partial charge in [-0.15, -0.1) is 0 Å². The molecule has 2 aromatic carbocycles. The molecule has 0 saturated carbocycles. The molecule has 0 bridgehead atoms. The molecule has 0 aliphatic heterocycles. The number of nitrogens with two attached hydrogens (primary N) is 2. The number of hydrogen-bond donors (Lipinski definition) is 2. The van der Waals surface area contributed by atoms with Crippen molar-refractivity contribution in [2.24, 2.45) is 0 Å². The van der Waals surface area contributed by atoms with Crippen LogP contribution in [0, 0.1) is 0 Å². The smallest absolute Gasteiger partial charge is 0.382 e. The fourth-order valence-corrected chi connectivity index (χ4v) is 4.97. The Morgan fingerprint density at radius 1 is 0.548 bits per heavy atom. The SMILES string of the molecule is CCC(C)c1cc(C(F)(F)C(F)(F)C(F)(F)C(F)(F)c2cc(C(C)CC)c(N)c(C(C)(C)C)c2)cc(C(C)(C)C)c1N. The molecule has 2 aromatic rings. The number of nitrogen functional groups attached to an aromatic ring is 2. The molecule has 0 radical (unpaired) electrons. The summed E-state index contributed by atoms with van der Waals surface area (Å²) < 4.78 is 125. The minimum absolute atomic E-state index is 0.0207. The molecular formula is C32H44F8N2. The predicted octanol–water partition coefficient (Wildman–Crippen LogP) is 10.6. The highest BCUT2D eigenvalue weighted by Gasteiger charge is 2.81. The lowest BCUT2D eigenvalue weighted by Crippen LogP contribution is -2.59. The Morgan fingerprint density at radius 2 is 0.810 bits per heavy atom. The zero-order valence-corrected chi connectivity index (χ0v) is 26.1. The molecule has 42 heavy (non-hydrogen) atoms. The third kappa shape index (κ3) is 5.83.